The van der Waals surface area contributed by atoms with E-state index in [2.05, 4.69) is 0 Å². The monoisotopic (exact) mass is 308 g/mol. The van der Waals surface area contributed by atoms with Crippen LogP contribution in [-0.2, 0) is 4.79 Å². The highest BCUT2D eigenvalue weighted by atomic mass is 35.5. The topological polar surface area (TPSA) is 37.3 Å². The van der Waals surface area contributed by atoms with Gasteiger partial charge in [-0.3, -0.25) is 4.79 Å². The second kappa shape index (κ2) is 6.78. The first-order valence-corrected chi connectivity index (χ1v) is 7.10. The fraction of sp³-hybridized carbons (Fsp3) is 0.188. The van der Waals surface area contributed by atoms with Crippen LogP contribution in [0.4, 0.5) is 0 Å². The van der Waals surface area contributed by atoms with Crippen molar-refractivity contribution < 1.29 is 9.90 Å². The molecule has 0 heterocycles. The van der Waals surface area contributed by atoms with E-state index in [0.717, 1.165) is 16.7 Å². The summed E-state index contributed by atoms with van der Waals surface area (Å²) in [4.78, 5) is 10.6. The Morgan fingerprint density at radius 2 is 1.85 bits per heavy atom. The third-order valence-corrected chi connectivity index (χ3v) is 3.83. The first-order valence-electron chi connectivity index (χ1n) is 6.28. The molecule has 0 fully saturated rings. The van der Waals surface area contributed by atoms with E-state index in [1.165, 1.54) is 0 Å². The first kappa shape index (κ1) is 14.9. The molecule has 0 aromatic heterocycles. The molecule has 4 heteroatoms. The lowest BCUT2D eigenvalue weighted by molar-refractivity contribution is -0.137. The molecule has 0 bridgehead atoms. The summed E-state index contributed by atoms with van der Waals surface area (Å²) in [6, 6.07) is 15.5. The van der Waals surface area contributed by atoms with Crippen LogP contribution in [0.1, 0.15) is 23.8 Å². The summed E-state index contributed by atoms with van der Waals surface area (Å²) < 4.78 is 0. The molecule has 0 aliphatic carbocycles. The number of alkyl halides is 1. The molecule has 0 aliphatic rings. The second-order valence-corrected chi connectivity index (χ2v) is 5.44. The standard InChI is InChI=1S/C16H14Cl2O2/c17-14(8-9-16(19)20)12-6-7-13(15(18)10-12)11-4-2-1-3-5-11/h1-7,10,14H,8-9H2,(H,19,20). The zero-order valence-electron chi connectivity index (χ0n) is 10.7. The molecule has 1 atom stereocenters. The normalized spacial score (nSPS) is 12.1. The molecular formula is C16H14Cl2O2. The Bertz CT molecular complexity index is 597. The third kappa shape index (κ3) is 3.75. The highest BCUT2D eigenvalue weighted by molar-refractivity contribution is 6.33. The number of carbonyl (C=O) groups is 1. The number of rotatable bonds is 5. The number of hydrogen-bond donors (Lipinski definition) is 1. The van der Waals surface area contributed by atoms with E-state index in [4.69, 9.17) is 28.3 Å². The number of hydrogen-bond acceptors (Lipinski definition) is 1. The largest absolute Gasteiger partial charge is 0.481 e. The summed E-state index contributed by atoms with van der Waals surface area (Å²) in [5.41, 5.74) is 2.83. The predicted octanol–water partition coefficient (Wildman–Crippen LogP) is 5.15. The Morgan fingerprint density at radius 3 is 2.45 bits per heavy atom. The maximum absolute atomic E-state index is 10.6. The summed E-state index contributed by atoms with van der Waals surface area (Å²) >= 11 is 12.5. The molecule has 0 radical (unpaired) electrons. The number of aliphatic carboxylic acids is 1. The summed E-state index contributed by atoms with van der Waals surface area (Å²) in [6.45, 7) is 0. The van der Waals surface area contributed by atoms with Crippen molar-refractivity contribution in [2.75, 3.05) is 0 Å². The highest BCUT2D eigenvalue weighted by Crippen LogP contribution is 2.33. The van der Waals surface area contributed by atoms with Crippen molar-refractivity contribution in [2.45, 2.75) is 18.2 Å². The third-order valence-electron chi connectivity index (χ3n) is 3.05. The van der Waals surface area contributed by atoms with Crippen LogP contribution >= 0.6 is 23.2 Å². The number of halogens is 2. The molecule has 1 N–H and O–H groups in total. The first-order chi connectivity index (χ1) is 9.58. The SMILES string of the molecule is O=C(O)CCC(Cl)c1ccc(-c2ccccc2)c(Cl)c1. The van der Waals surface area contributed by atoms with Crippen LogP contribution in [0, 0.1) is 0 Å². The van der Waals surface area contributed by atoms with Crippen molar-refractivity contribution in [1.82, 2.24) is 0 Å². The van der Waals surface area contributed by atoms with Gasteiger partial charge >= 0.3 is 5.97 Å². The van der Waals surface area contributed by atoms with Gasteiger partial charge in [0.25, 0.3) is 0 Å². The highest BCUT2D eigenvalue weighted by Gasteiger charge is 2.12. The van der Waals surface area contributed by atoms with Crippen molar-refractivity contribution in [3.8, 4) is 11.1 Å². The molecule has 0 saturated carbocycles. The van der Waals surface area contributed by atoms with Gasteiger partial charge in [-0.2, -0.15) is 0 Å². The Kier molecular flexibility index (Phi) is 5.05. The van der Waals surface area contributed by atoms with E-state index in [0.29, 0.717) is 11.4 Å². The maximum Gasteiger partial charge on any atom is 0.303 e. The van der Waals surface area contributed by atoms with Gasteiger partial charge in [0, 0.05) is 17.0 Å². The minimum absolute atomic E-state index is 0.0478. The fourth-order valence-corrected chi connectivity index (χ4v) is 2.54. The van der Waals surface area contributed by atoms with Crippen LogP contribution in [0.25, 0.3) is 11.1 Å². The van der Waals surface area contributed by atoms with E-state index in [9.17, 15) is 4.79 Å². The summed E-state index contributed by atoms with van der Waals surface area (Å²) in [5, 5.41) is 8.95. The van der Waals surface area contributed by atoms with Crippen LogP contribution in [0.3, 0.4) is 0 Å². The van der Waals surface area contributed by atoms with Crippen LogP contribution < -0.4 is 0 Å². The van der Waals surface area contributed by atoms with E-state index < -0.39 is 5.97 Å². The second-order valence-electron chi connectivity index (χ2n) is 4.51. The molecule has 1 unspecified atom stereocenters. The molecule has 0 saturated heterocycles. The molecular weight excluding hydrogens is 295 g/mol. The molecule has 2 aromatic rings. The van der Waals surface area contributed by atoms with Gasteiger partial charge in [0.2, 0.25) is 0 Å². The average molecular weight is 309 g/mol. The Morgan fingerprint density at radius 1 is 1.15 bits per heavy atom. The number of carboxylic acids is 1. The van der Waals surface area contributed by atoms with Gasteiger partial charge in [-0.15, -0.1) is 11.6 Å². The maximum atomic E-state index is 10.6. The molecule has 2 rings (SSSR count). The molecule has 0 spiro atoms. The van der Waals surface area contributed by atoms with Crippen molar-refractivity contribution in [3.63, 3.8) is 0 Å². The van der Waals surface area contributed by atoms with Crippen molar-refractivity contribution in [1.29, 1.82) is 0 Å². The van der Waals surface area contributed by atoms with Crippen LogP contribution in [0.2, 0.25) is 5.02 Å². The van der Waals surface area contributed by atoms with Crippen molar-refractivity contribution in [3.05, 3.63) is 59.1 Å². The minimum Gasteiger partial charge on any atom is -0.481 e. The number of carboxylic acid groups (broad SMARTS) is 1. The smallest absolute Gasteiger partial charge is 0.303 e. The molecule has 20 heavy (non-hydrogen) atoms. The zero-order chi connectivity index (χ0) is 14.5. The lowest BCUT2D eigenvalue weighted by Crippen LogP contribution is -1.98. The number of benzene rings is 2. The molecule has 2 aromatic carbocycles. The van der Waals surface area contributed by atoms with Gasteiger partial charge in [-0.25, -0.2) is 0 Å². The van der Waals surface area contributed by atoms with Gasteiger partial charge in [0.1, 0.15) is 0 Å². The lowest BCUT2D eigenvalue weighted by atomic mass is 10.0. The predicted molar refractivity (Wildman–Crippen MR) is 82.4 cm³/mol. The molecule has 0 amide bonds. The Labute approximate surface area is 128 Å². The quantitative estimate of drug-likeness (QED) is 0.775. The van der Waals surface area contributed by atoms with E-state index in [1.54, 1.807) is 0 Å². The average Bonchev–Trinajstić information content (AvgIpc) is 2.45. The van der Waals surface area contributed by atoms with Crippen molar-refractivity contribution in [2.24, 2.45) is 0 Å². The van der Waals surface area contributed by atoms with E-state index >= 15 is 0 Å². The van der Waals surface area contributed by atoms with E-state index in [1.807, 2.05) is 48.5 Å². The zero-order valence-corrected chi connectivity index (χ0v) is 12.2. The van der Waals surface area contributed by atoms with Gasteiger partial charge in [-0.05, 0) is 23.6 Å². The van der Waals surface area contributed by atoms with E-state index in [-0.39, 0.29) is 11.8 Å². The fourth-order valence-electron chi connectivity index (χ4n) is 1.99. The van der Waals surface area contributed by atoms with Crippen molar-refractivity contribution >= 4 is 29.2 Å². The summed E-state index contributed by atoms with van der Waals surface area (Å²) in [5.74, 6) is -0.845. The van der Waals surface area contributed by atoms with Crippen LogP contribution in [0.15, 0.2) is 48.5 Å². The summed E-state index contributed by atoms with van der Waals surface area (Å²) in [7, 11) is 0. The lowest BCUT2D eigenvalue weighted by Gasteiger charge is -2.11. The van der Waals surface area contributed by atoms with Gasteiger partial charge < -0.3 is 5.11 Å². The van der Waals surface area contributed by atoms with Gasteiger partial charge in [0.05, 0.1) is 5.38 Å². The summed E-state index contributed by atoms with van der Waals surface area (Å²) in [6.07, 6.45) is 0.435. The molecule has 0 aliphatic heterocycles. The molecule has 104 valence electrons. The van der Waals surface area contributed by atoms with Gasteiger partial charge in [-0.1, -0.05) is 54.1 Å². The molecule has 2 nitrogen and oxygen atoms in total. The Hall–Kier alpha value is -1.51. The Balaban J connectivity index is 2.20. The van der Waals surface area contributed by atoms with Crippen LogP contribution in [0.5, 0.6) is 0 Å². The van der Waals surface area contributed by atoms with Gasteiger partial charge in [0.15, 0.2) is 0 Å². The van der Waals surface area contributed by atoms with Crippen LogP contribution in [-0.4, -0.2) is 11.1 Å². The minimum atomic E-state index is -0.845.